The fourth-order valence-electron chi connectivity index (χ4n) is 2.62. The van der Waals surface area contributed by atoms with E-state index in [-0.39, 0.29) is 24.8 Å². The number of amides is 2. The maximum atomic E-state index is 11.9. The quantitative estimate of drug-likeness (QED) is 0.660. The molecule has 0 spiro atoms. The maximum Gasteiger partial charge on any atom is 0.310 e. The van der Waals surface area contributed by atoms with Crippen LogP contribution in [0.15, 0.2) is 0 Å². The third kappa shape index (κ3) is 5.73. The van der Waals surface area contributed by atoms with Crippen molar-refractivity contribution in [2.24, 2.45) is 11.3 Å². The second kappa shape index (κ2) is 8.00. The number of carboxylic acid groups (broad SMARTS) is 1. The number of nitrogens with one attached hydrogen (secondary N) is 2. The van der Waals surface area contributed by atoms with Gasteiger partial charge in [-0.25, -0.2) is 0 Å². The van der Waals surface area contributed by atoms with Crippen LogP contribution in [-0.2, 0) is 14.4 Å². The second-order valence-corrected chi connectivity index (χ2v) is 6.30. The molecule has 0 aromatic carbocycles. The Morgan fingerprint density at radius 3 is 2.19 bits per heavy atom. The van der Waals surface area contributed by atoms with Gasteiger partial charge >= 0.3 is 5.97 Å². The first kappa shape index (κ1) is 17.5. The molecule has 0 heterocycles. The maximum absolute atomic E-state index is 11.9. The Labute approximate surface area is 125 Å². The standard InChI is InChI=1S/C15H26N2O4/c1-11(2)9-16-13(19)10-17-12(18)8-15(14(20)21)6-4-3-5-7-15/h11H,3-10H2,1-2H3,(H,16,19)(H,17,18)(H,20,21). The molecule has 0 aromatic heterocycles. The highest BCUT2D eigenvalue weighted by atomic mass is 16.4. The van der Waals surface area contributed by atoms with E-state index in [1.165, 1.54) is 0 Å². The zero-order valence-corrected chi connectivity index (χ0v) is 12.9. The van der Waals surface area contributed by atoms with Crippen molar-refractivity contribution in [3.05, 3.63) is 0 Å². The minimum absolute atomic E-state index is 0.0419. The average molecular weight is 298 g/mol. The Bertz CT molecular complexity index is 387. The summed E-state index contributed by atoms with van der Waals surface area (Å²) in [6, 6.07) is 0. The van der Waals surface area contributed by atoms with Crippen molar-refractivity contribution in [1.82, 2.24) is 10.6 Å². The third-order valence-electron chi connectivity index (χ3n) is 3.92. The molecule has 120 valence electrons. The molecule has 0 aromatic rings. The van der Waals surface area contributed by atoms with Crippen LogP contribution < -0.4 is 10.6 Å². The van der Waals surface area contributed by atoms with Crippen molar-refractivity contribution < 1.29 is 19.5 Å². The number of rotatable bonds is 7. The van der Waals surface area contributed by atoms with E-state index in [2.05, 4.69) is 10.6 Å². The van der Waals surface area contributed by atoms with Crippen molar-refractivity contribution in [2.45, 2.75) is 52.4 Å². The van der Waals surface area contributed by atoms with Gasteiger partial charge in [0.2, 0.25) is 11.8 Å². The van der Waals surface area contributed by atoms with E-state index in [1.54, 1.807) is 0 Å². The lowest BCUT2D eigenvalue weighted by molar-refractivity contribution is -0.154. The summed E-state index contributed by atoms with van der Waals surface area (Å²) in [5.41, 5.74) is -0.948. The number of carboxylic acids is 1. The van der Waals surface area contributed by atoms with E-state index >= 15 is 0 Å². The zero-order valence-electron chi connectivity index (χ0n) is 12.9. The van der Waals surface area contributed by atoms with Crippen LogP contribution in [-0.4, -0.2) is 36.0 Å². The van der Waals surface area contributed by atoms with Crippen LogP contribution in [0.25, 0.3) is 0 Å². The molecule has 6 nitrogen and oxygen atoms in total. The van der Waals surface area contributed by atoms with Crippen molar-refractivity contribution in [3.8, 4) is 0 Å². The molecule has 1 aliphatic rings. The highest BCUT2D eigenvalue weighted by Gasteiger charge is 2.41. The summed E-state index contributed by atoms with van der Waals surface area (Å²) in [6.07, 6.45) is 3.74. The SMILES string of the molecule is CC(C)CNC(=O)CNC(=O)CC1(C(=O)O)CCCCC1. The van der Waals surface area contributed by atoms with Gasteiger partial charge in [-0.1, -0.05) is 33.1 Å². The fourth-order valence-corrected chi connectivity index (χ4v) is 2.62. The highest BCUT2D eigenvalue weighted by Crippen LogP contribution is 2.39. The predicted molar refractivity (Wildman–Crippen MR) is 78.6 cm³/mol. The van der Waals surface area contributed by atoms with Gasteiger partial charge in [-0.2, -0.15) is 0 Å². The number of hydrogen-bond donors (Lipinski definition) is 3. The van der Waals surface area contributed by atoms with Gasteiger partial charge in [0.15, 0.2) is 0 Å². The van der Waals surface area contributed by atoms with Crippen LogP contribution in [0, 0.1) is 11.3 Å². The first-order valence-corrected chi connectivity index (χ1v) is 7.62. The minimum Gasteiger partial charge on any atom is -0.481 e. The molecule has 0 bridgehead atoms. The summed E-state index contributed by atoms with van der Waals surface area (Å²) in [5.74, 6) is -1.16. The molecule has 1 rings (SSSR count). The molecule has 0 aliphatic heterocycles. The minimum atomic E-state index is -0.948. The normalized spacial score (nSPS) is 17.3. The van der Waals surface area contributed by atoms with Gasteiger partial charge in [0.05, 0.1) is 12.0 Å². The van der Waals surface area contributed by atoms with Crippen LogP contribution in [0.4, 0.5) is 0 Å². The molecule has 0 atom stereocenters. The van der Waals surface area contributed by atoms with Crippen LogP contribution in [0.2, 0.25) is 0 Å². The first-order valence-electron chi connectivity index (χ1n) is 7.62. The monoisotopic (exact) mass is 298 g/mol. The Balaban J connectivity index is 2.41. The van der Waals surface area contributed by atoms with Crippen molar-refractivity contribution in [3.63, 3.8) is 0 Å². The van der Waals surface area contributed by atoms with Crippen LogP contribution in [0.5, 0.6) is 0 Å². The van der Waals surface area contributed by atoms with Crippen molar-refractivity contribution >= 4 is 17.8 Å². The lowest BCUT2D eigenvalue weighted by atomic mass is 9.71. The molecular weight excluding hydrogens is 272 g/mol. The van der Waals surface area contributed by atoms with Gasteiger partial charge in [0.25, 0.3) is 0 Å². The number of aliphatic carboxylic acids is 1. The number of carbonyl (C=O) groups excluding carboxylic acids is 2. The molecular formula is C15H26N2O4. The zero-order chi connectivity index (χ0) is 15.9. The van der Waals surface area contributed by atoms with E-state index in [9.17, 15) is 19.5 Å². The molecule has 1 aliphatic carbocycles. The first-order chi connectivity index (χ1) is 9.85. The smallest absolute Gasteiger partial charge is 0.310 e. The van der Waals surface area contributed by atoms with Crippen LogP contribution >= 0.6 is 0 Å². The average Bonchev–Trinajstić information content (AvgIpc) is 2.43. The van der Waals surface area contributed by atoms with Crippen LogP contribution in [0.1, 0.15) is 52.4 Å². The lowest BCUT2D eigenvalue weighted by Crippen LogP contribution is -2.42. The molecule has 0 saturated heterocycles. The van der Waals surface area contributed by atoms with Gasteiger partial charge in [0.1, 0.15) is 0 Å². The molecule has 1 saturated carbocycles. The molecule has 21 heavy (non-hydrogen) atoms. The topological polar surface area (TPSA) is 95.5 Å². The van der Waals surface area contributed by atoms with Gasteiger partial charge < -0.3 is 15.7 Å². The highest BCUT2D eigenvalue weighted by molar-refractivity contribution is 5.88. The van der Waals surface area contributed by atoms with Gasteiger partial charge in [-0.3, -0.25) is 14.4 Å². The largest absolute Gasteiger partial charge is 0.481 e. The Kier molecular flexibility index (Phi) is 6.65. The molecule has 0 radical (unpaired) electrons. The summed E-state index contributed by atoms with van der Waals surface area (Å²) in [7, 11) is 0. The molecule has 3 N–H and O–H groups in total. The molecule has 6 heteroatoms. The molecule has 1 fully saturated rings. The molecule has 0 unspecified atom stereocenters. The van der Waals surface area contributed by atoms with Crippen molar-refractivity contribution in [1.29, 1.82) is 0 Å². The van der Waals surface area contributed by atoms with Crippen molar-refractivity contribution in [2.75, 3.05) is 13.1 Å². The predicted octanol–water partition coefficient (Wildman–Crippen LogP) is 1.30. The summed E-state index contributed by atoms with van der Waals surface area (Å²) in [6.45, 7) is 4.44. The Morgan fingerprint density at radius 2 is 1.67 bits per heavy atom. The van der Waals surface area contributed by atoms with E-state index in [1.807, 2.05) is 13.8 Å². The summed E-state index contributed by atoms with van der Waals surface area (Å²) >= 11 is 0. The summed E-state index contributed by atoms with van der Waals surface area (Å²) in [5, 5.41) is 14.6. The summed E-state index contributed by atoms with van der Waals surface area (Å²) < 4.78 is 0. The number of carbonyl (C=O) groups is 3. The number of hydrogen-bond acceptors (Lipinski definition) is 3. The van der Waals surface area contributed by atoms with Crippen LogP contribution in [0.3, 0.4) is 0 Å². The van der Waals surface area contributed by atoms with E-state index in [0.717, 1.165) is 19.3 Å². The van der Waals surface area contributed by atoms with E-state index in [0.29, 0.717) is 25.3 Å². The van der Waals surface area contributed by atoms with Gasteiger partial charge in [-0.15, -0.1) is 0 Å². The van der Waals surface area contributed by atoms with E-state index < -0.39 is 11.4 Å². The van der Waals surface area contributed by atoms with E-state index in [4.69, 9.17) is 0 Å². The Morgan fingerprint density at radius 1 is 1.05 bits per heavy atom. The molecule has 2 amide bonds. The lowest BCUT2D eigenvalue weighted by Gasteiger charge is -2.32. The van der Waals surface area contributed by atoms with Gasteiger partial charge in [0, 0.05) is 13.0 Å². The second-order valence-electron chi connectivity index (χ2n) is 6.30. The van der Waals surface area contributed by atoms with Gasteiger partial charge in [-0.05, 0) is 18.8 Å². The summed E-state index contributed by atoms with van der Waals surface area (Å²) in [4.78, 5) is 34.9. The third-order valence-corrected chi connectivity index (χ3v) is 3.92. The Hall–Kier alpha value is -1.59. The fraction of sp³-hybridized carbons (Fsp3) is 0.800.